The Kier molecular flexibility index (Phi) is 4.42. The van der Waals surface area contributed by atoms with Gasteiger partial charge in [-0.15, -0.1) is 11.3 Å². The summed E-state index contributed by atoms with van der Waals surface area (Å²) in [5.74, 6) is 1.77. The quantitative estimate of drug-likeness (QED) is 0.744. The summed E-state index contributed by atoms with van der Waals surface area (Å²) in [5, 5.41) is 13.3. The van der Waals surface area contributed by atoms with E-state index in [0.717, 1.165) is 46.4 Å². The normalized spacial score (nSPS) is 16.2. The molecule has 3 aromatic rings. The van der Waals surface area contributed by atoms with Gasteiger partial charge in [-0.3, -0.25) is 0 Å². The molecule has 2 aromatic heterocycles. The molecule has 134 valence electrons. The Morgan fingerprint density at radius 3 is 2.77 bits per heavy atom. The lowest BCUT2D eigenvalue weighted by Crippen LogP contribution is -2.43. The van der Waals surface area contributed by atoms with Gasteiger partial charge in [0.05, 0.1) is 23.3 Å². The van der Waals surface area contributed by atoms with Crippen LogP contribution in [0.5, 0.6) is 0 Å². The second kappa shape index (κ2) is 6.87. The maximum absolute atomic E-state index is 12.3. The third-order valence-corrected chi connectivity index (χ3v) is 5.13. The second-order valence-electron chi connectivity index (χ2n) is 6.42. The predicted molar refractivity (Wildman–Crippen MR) is 101 cm³/mol. The summed E-state index contributed by atoms with van der Waals surface area (Å²) < 4.78 is 1.88. The minimum Gasteiger partial charge on any atom is -0.333 e. The van der Waals surface area contributed by atoms with E-state index in [2.05, 4.69) is 25.7 Å². The first kappa shape index (κ1) is 16.7. The molecule has 0 radical (unpaired) electrons. The monoisotopic (exact) mass is 368 g/mol. The molecule has 8 heteroatoms. The van der Waals surface area contributed by atoms with Gasteiger partial charge in [-0.25, -0.2) is 19.4 Å². The van der Waals surface area contributed by atoms with E-state index in [1.165, 1.54) is 0 Å². The zero-order valence-electron chi connectivity index (χ0n) is 14.7. The van der Waals surface area contributed by atoms with Crippen LogP contribution in [0, 0.1) is 13.8 Å². The average Bonchev–Trinajstić information content (AvgIpc) is 3.20. The molecule has 1 aliphatic heterocycles. The summed E-state index contributed by atoms with van der Waals surface area (Å²) >= 11 is 1.63. The minimum absolute atomic E-state index is 0.0563. The van der Waals surface area contributed by atoms with Gasteiger partial charge < -0.3 is 10.6 Å². The lowest BCUT2D eigenvalue weighted by Gasteiger charge is -2.23. The molecule has 0 spiro atoms. The molecular formula is C18H20N6OS. The second-order valence-corrected chi connectivity index (χ2v) is 7.48. The van der Waals surface area contributed by atoms with Gasteiger partial charge in [0.25, 0.3) is 0 Å². The Labute approximate surface area is 155 Å². The van der Waals surface area contributed by atoms with Gasteiger partial charge in [-0.1, -0.05) is 12.1 Å². The van der Waals surface area contributed by atoms with Crippen molar-refractivity contribution in [2.45, 2.75) is 39.3 Å². The summed E-state index contributed by atoms with van der Waals surface area (Å²) in [6, 6.07) is 7.57. The van der Waals surface area contributed by atoms with Gasteiger partial charge in [0, 0.05) is 23.1 Å². The number of nitrogens with one attached hydrogen (secondary N) is 2. The number of nitrogens with zero attached hydrogens (tertiary/aromatic N) is 4. The summed E-state index contributed by atoms with van der Waals surface area (Å²) in [6.07, 6.45) is 1.70. The van der Waals surface area contributed by atoms with Crippen LogP contribution in [-0.2, 0) is 13.0 Å². The minimum atomic E-state index is -0.201. The number of rotatable bonds is 3. The highest BCUT2D eigenvalue weighted by Gasteiger charge is 2.22. The van der Waals surface area contributed by atoms with Crippen LogP contribution in [0.25, 0.3) is 11.3 Å². The maximum atomic E-state index is 12.3. The molecule has 3 heterocycles. The molecule has 1 aromatic carbocycles. The van der Waals surface area contributed by atoms with E-state index in [4.69, 9.17) is 0 Å². The van der Waals surface area contributed by atoms with Gasteiger partial charge in [0.1, 0.15) is 11.6 Å². The first-order valence-corrected chi connectivity index (χ1v) is 9.45. The third kappa shape index (κ3) is 3.60. The highest BCUT2D eigenvalue weighted by atomic mass is 32.1. The fourth-order valence-corrected chi connectivity index (χ4v) is 3.75. The van der Waals surface area contributed by atoms with Gasteiger partial charge in [-0.2, -0.15) is 5.10 Å². The van der Waals surface area contributed by atoms with Gasteiger partial charge in [-0.05, 0) is 32.4 Å². The van der Waals surface area contributed by atoms with Crippen molar-refractivity contribution in [3.05, 3.63) is 46.3 Å². The van der Waals surface area contributed by atoms with E-state index in [1.807, 2.05) is 48.2 Å². The number of aryl methyl sites for hydroxylation is 3. The van der Waals surface area contributed by atoms with E-state index in [0.29, 0.717) is 6.54 Å². The third-order valence-electron chi connectivity index (χ3n) is 4.36. The molecule has 7 nitrogen and oxygen atoms in total. The van der Waals surface area contributed by atoms with E-state index >= 15 is 0 Å². The number of urea groups is 1. The predicted octanol–water partition coefficient (Wildman–Crippen LogP) is 3.15. The van der Waals surface area contributed by atoms with Crippen molar-refractivity contribution in [3.63, 3.8) is 0 Å². The number of fused-ring (bicyclic) bond motifs is 1. The molecular weight excluding hydrogens is 348 g/mol. The molecule has 1 aliphatic rings. The standard InChI is InChI=1S/C18H20N6OS/c1-11-19-17-8-7-15(9-24(17)23-11)22-18(25)21-14-5-3-13(4-6-14)16-10-26-12(2)20-16/h3-6,10,15H,7-9H2,1-2H3,(H2,21,22,25). The largest absolute Gasteiger partial charge is 0.333 e. The number of anilines is 1. The van der Waals surface area contributed by atoms with Crippen LogP contribution in [0.1, 0.15) is 23.1 Å². The maximum Gasteiger partial charge on any atom is 0.319 e. The van der Waals surface area contributed by atoms with Crippen LogP contribution in [0.3, 0.4) is 0 Å². The van der Waals surface area contributed by atoms with Gasteiger partial charge >= 0.3 is 6.03 Å². The molecule has 0 aliphatic carbocycles. The average molecular weight is 368 g/mol. The van der Waals surface area contributed by atoms with Crippen molar-refractivity contribution in [2.24, 2.45) is 0 Å². The number of hydrogen-bond acceptors (Lipinski definition) is 5. The van der Waals surface area contributed by atoms with Crippen LogP contribution in [0.2, 0.25) is 0 Å². The van der Waals surface area contributed by atoms with E-state index < -0.39 is 0 Å². The van der Waals surface area contributed by atoms with Crippen molar-refractivity contribution in [1.82, 2.24) is 25.1 Å². The molecule has 0 fully saturated rings. The molecule has 2 N–H and O–H groups in total. The van der Waals surface area contributed by atoms with Crippen molar-refractivity contribution in [3.8, 4) is 11.3 Å². The Hall–Kier alpha value is -2.74. The number of benzene rings is 1. The zero-order chi connectivity index (χ0) is 18.1. The molecule has 2 amide bonds. The summed E-state index contributed by atoms with van der Waals surface area (Å²) in [5.41, 5.74) is 2.76. The summed E-state index contributed by atoms with van der Waals surface area (Å²) in [6.45, 7) is 4.53. The molecule has 0 saturated carbocycles. The topological polar surface area (TPSA) is 84.7 Å². The summed E-state index contributed by atoms with van der Waals surface area (Å²) in [4.78, 5) is 21.1. The SMILES string of the molecule is Cc1nc2n(n1)CC(NC(=O)Nc1ccc(-c3csc(C)n3)cc1)CC2. The Bertz CT molecular complexity index is 930. The highest BCUT2D eigenvalue weighted by molar-refractivity contribution is 7.09. The van der Waals surface area contributed by atoms with E-state index in [9.17, 15) is 4.79 Å². The van der Waals surface area contributed by atoms with Crippen LogP contribution in [-0.4, -0.2) is 31.8 Å². The van der Waals surface area contributed by atoms with Crippen molar-refractivity contribution >= 4 is 23.1 Å². The molecule has 1 unspecified atom stereocenters. The van der Waals surface area contributed by atoms with E-state index in [-0.39, 0.29) is 12.1 Å². The highest BCUT2D eigenvalue weighted by Crippen LogP contribution is 2.23. The Morgan fingerprint density at radius 2 is 2.04 bits per heavy atom. The van der Waals surface area contributed by atoms with Crippen LogP contribution in [0.4, 0.5) is 10.5 Å². The fraction of sp³-hybridized carbons (Fsp3) is 0.333. The number of carbonyl (C=O) groups is 1. The number of amides is 2. The molecule has 0 bridgehead atoms. The number of aromatic nitrogens is 4. The van der Waals surface area contributed by atoms with Gasteiger partial charge in [0.2, 0.25) is 0 Å². The summed E-state index contributed by atoms with van der Waals surface area (Å²) in [7, 11) is 0. The Morgan fingerprint density at radius 1 is 1.23 bits per heavy atom. The first-order chi connectivity index (χ1) is 12.6. The number of hydrogen-bond donors (Lipinski definition) is 2. The van der Waals surface area contributed by atoms with Crippen molar-refractivity contribution < 1.29 is 4.79 Å². The number of carbonyl (C=O) groups excluding carboxylic acids is 1. The molecule has 0 saturated heterocycles. The van der Waals surface area contributed by atoms with Crippen molar-refractivity contribution in [1.29, 1.82) is 0 Å². The molecule has 4 rings (SSSR count). The molecule has 26 heavy (non-hydrogen) atoms. The fourth-order valence-electron chi connectivity index (χ4n) is 3.12. The van der Waals surface area contributed by atoms with Crippen LogP contribution in [0.15, 0.2) is 29.6 Å². The zero-order valence-corrected chi connectivity index (χ0v) is 15.5. The van der Waals surface area contributed by atoms with Crippen molar-refractivity contribution in [2.75, 3.05) is 5.32 Å². The lowest BCUT2D eigenvalue weighted by atomic mass is 10.1. The lowest BCUT2D eigenvalue weighted by molar-refractivity contribution is 0.243. The van der Waals surface area contributed by atoms with E-state index in [1.54, 1.807) is 11.3 Å². The smallest absolute Gasteiger partial charge is 0.319 e. The van der Waals surface area contributed by atoms with Crippen LogP contribution < -0.4 is 10.6 Å². The Balaban J connectivity index is 1.35. The van der Waals surface area contributed by atoms with Gasteiger partial charge in [0.15, 0.2) is 0 Å². The van der Waals surface area contributed by atoms with Crippen LogP contribution >= 0.6 is 11.3 Å². The first-order valence-electron chi connectivity index (χ1n) is 8.57. The molecule has 1 atom stereocenters. The number of thiazole rings is 1.